The van der Waals surface area contributed by atoms with Crippen LogP contribution in [0.5, 0.6) is 0 Å². The van der Waals surface area contributed by atoms with Gasteiger partial charge in [0, 0.05) is 12.1 Å². The Balaban J connectivity index is 1.99. The van der Waals surface area contributed by atoms with E-state index in [4.69, 9.17) is 11.6 Å². The van der Waals surface area contributed by atoms with Gasteiger partial charge in [-0.15, -0.1) is 0 Å². The Kier molecular flexibility index (Phi) is 3.41. The molecule has 1 amide bonds. The van der Waals surface area contributed by atoms with Gasteiger partial charge in [0.2, 0.25) is 5.91 Å². The molecule has 86 valence electrons. The van der Waals surface area contributed by atoms with Crippen molar-refractivity contribution in [3.63, 3.8) is 0 Å². The zero-order chi connectivity index (χ0) is 11.5. The molecule has 0 aromatic carbocycles. The van der Waals surface area contributed by atoms with E-state index in [1.165, 1.54) is 0 Å². The summed E-state index contributed by atoms with van der Waals surface area (Å²) >= 11 is 5.91. The predicted octanol–water partition coefficient (Wildman–Crippen LogP) is 1.53. The van der Waals surface area contributed by atoms with Crippen molar-refractivity contribution in [3.05, 3.63) is 23.4 Å². The third-order valence-corrected chi connectivity index (χ3v) is 3.24. The van der Waals surface area contributed by atoms with Crippen LogP contribution in [0.25, 0.3) is 0 Å². The first kappa shape index (κ1) is 11.4. The number of nitrogens with zero attached hydrogens (tertiary/aromatic N) is 1. The summed E-state index contributed by atoms with van der Waals surface area (Å²) in [5.74, 6) is 0.821. The molecule has 1 atom stereocenters. The van der Waals surface area contributed by atoms with Crippen LogP contribution in [-0.2, 0) is 4.79 Å². The van der Waals surface area contributed by atoms with Gasteiger partial charge in [-0.25, -0.2) is 4.98 Å². The molecular weight excluding hydrogens is 226 g/mol. The second-order valence-electron chi connectivity index (χ2n) is 4.03. The number of anilines is 1. The number of carbonyl (C=O) groups excluding carboxylic acids is 1. The van der Waals surface area contributed by atoms with Crippen LogP contribution in [0.2, 0.25) is 5.02 Å². The highest BCUT2D eigenvalue weighted by Gasteiger charge is 2.29. The molecule has 1 aromatic heterocycles. The van der Waals surface area contributed by atoms with Gasteiger partial charge in [-0.05, 0) is 31.1 Å². The van der Waals surface area contributed by atoms with Gasteiger partial charge in [-0.3, -0.25) is 4.79 Å². The molecule has 1 fully saturated rings. The van der Waals surface area contributed by atoms with Crippen molar-refractivity contribution in [1.82, 2.24) is 10.3 Å². The fraction of sp³-hybridized carbons (Fsp3) is 0.455. The largest absolute Gasteiger partial charge is 0.316 e. The third kappa shape index (κ3) is 2.33. The Hall–Kier alpha value is -1.13. The molecule has 16 heavy (non-hydrogen) atoms. The van der Waals surface area contributed by atoms with Crippen LogP contribution >= 0.6 is 11.6 Å². The minimum atomic E-state index is -0.0212. The first-order valence-electron chi connectivity index (χ1n) is 5.30. The molecule has 1 aromatic rings. The van der Waals surface area contributed by atoms with Crippen LogP contribution in [0.3, 0.4) is 0 Å². The van der Waals surface area contributed by atoms with Gasteiger partial charge in [0.1, 0.15) is 0 Å². The number of pyridine rings is 1. The van der Waals surface area contributed by atoms with E-state index in [1.54, 1.807) is 18.3 Å². The normalized spacial score (nSPS) is 17.6. The highest BCUT2D eigenvalue weighted by Crippen LogP contribution is 2.21. The number of halogens is 1. The lowest BCUT2D eigenvalue weighted by molar-refractivity contribution is -0.121. The van der Waals surface area contributed by atoms with E-state index in [9.17, 15) is 4.79 Å². The zero-order valence-corrected chi connectivity index (χ0v) is 9.79. The van der Waals surface area contributed by atoms with E-state index in [2.05, 4.69) is 15.6 Å². The SMILES string of the molecule is CC(C(=O)Nc1ncccc1Cl)C1CNC1. The van der Waals surface area contributed by atoms with Gasteiger partial charge < -0.3 is 10.6 Å². The van der Waals surface area contributed by atoms with Gasteiger partial charge in [0.25, 0.3) is 0 Å². The first-order valence-corrected chi connectivity index (χ1v) is 5.68. The monoisotopic (exact) mass is 239 g/mol. The lowest BCUT2D eigenvalue weighted by Gasteiger charge is -2.31. The highest BCUT2D eigenvalue weighted by atomic mass is 35.5. The van der Waals surface area contributed by atoms with Gasteiger partial charge in [0.15, 0.2) is 5.82 Å². The summed E-state index contributed by atoms with van der Waals surface area (Å²) in [7, 11) is 0. The molecule has 0 bridgehead atoms. The third-order valence-electron chi connectivity index (χ3n) is 2.93. The van der Waals surface area contributed by atoms with E-state index in [1.807, 2.05) is 6.92 Å². The van der Waals surface area contributed by atoms with E-state index in [0.29, 0.717) is 16.8 Å². The molecule has 0 saturated carbocycles. The second kappa shape index (κ2) is 4.80. The minimum Gasteiger partial charge on any atom is -0.316 e. The number of aromatic nitrogens is 1. The number of hydrogen-bond acceptors (Lipinski definition) is 3. The molecule has 0 spiro atoms. The number of rotatable bonds is 3. The Morgan fingerprint density at radius 3 is 3.00 bits per heavy atom. The van der Waals surface area contributed by atoms with Crippen molar-refractivity contribution in [2.75, 3.05) is 18.4 Å². The van der Waals surface area contributed by atoms with Crippen molar-refractivity contribution >= 4 is 23.3 Å². The number of hydrogen-bond donors (Lipinski definition) is 2. The highest BCUT2D eigenvalue weighted by molar-refractivity contribution is 6.33. The van der Waals surface area contributed by atoms with Crippen molar-refractivity contribution in [3.8, 4) is 0 Å². The smallest absolute Gasteiger partial charge is 0.228 e. The maximum atomic E-state index is 11.9. The molecule has 5 heteroatoms. The molecule has 1 aliphatic rings. The van der Waals surface area contributed by atoms with E-state index < -0.39 is 0 Å². The minimum absolute atomic E-state index is 0.0145. The van der Waals surface area contributed by atoms with E-state index >= 15 is 0 Å². The Bertz CT molecular complexity index is 393. The van der Waals surface area contributed by atoms with Gasteiger partial charge in [-0.2, -0.15) is 0 Å². The molecule has 1 aliphatic heterocycles. The molecule has 0 aliphatic carbocycles. The van der Waals surface area contributed by atoms with Crippen molar-refractivity contribution < 1.29 is 4.79 Å². The number of amides is 1. The Morgan fingerprint density at radius 2 is 2.44 bits per heavy atom. The summed E-state index contributed by atoms with van der Waals surface area (Å²) in [6, 6.07) is 3.44. The van der Waals surface area contributed by atoms with E-state index in [0.717, 1.165) is 13.1 Å². The summed E-state index contributed by atoms with van der Waals surface area (Å²) in [6.45, 7) is 3.74. The van der Waals surface area contributed by atoms with Gasteiger partial charge in [-0.1, -0.05) is 18.5 Å². The fourth-order valence-electron chi connectivity index (χ4n) is 1.59. The van der Waals surface area contributed by atoms with Crippen molar-refractivity contribution in [1.29, 1.82) is 0 Å². The van der Waals surface area contributed by atoms with Crippen LogP contribution in [0.4, 0.5) is 5.82 Å². The maximum absolute atomic E-state index is 11.9. The van der Waals surface area contributed by atoms with Gasteiger partial charge >= 0.3 is 0 Å². The lowest BCUT2D eigenvalue weighted by atomic mass is 9.88. The van der Waals surface area contributed by atoms with Crippen molar-refractivity contribution in [2.45, 2.75) is 6.92 Å². The lowest BCUT2D eigenvalue weighted by Crippen LogP contribution is -2.48. The van der Waals surface area contributed by atoms with Crippen molar-refractivity contribution in [2.24, 2.45) is 11.8 Å². The quantitative estimate of drug-likeness (QED) is 0.841. The molecule has 4 nitrogen and oxygen atoms in total. The summed E-state index contributed by atoms with van der Waals surface area (Å²) in [5.41, 5.74) is 0. The summed E-state index contributed by atoms with van der Waals surface area (Å²) < 4.78 is 0. The van der Waals surface area contributed by atoms with E-state index in [-0.39, 0.29) is 11.8 Å². The Morgan fingerprint density at radius 1 is 1.69 bits per heavy atom. The molecule has 2 rings (SSSR count). The summed E-state index contributed by atoms with van der Waals surface area (Å²) in [6.07, 6.45) is 1.61. The van der Waals surface area contributed by atoms with Crippen LogP contribution in [0, 0.1) is 11.8 Å². The summed E-state index contributed by atoms with van der Waals surface area (Å²) in [5, 5.41) is 6.37. The van der Waals surface area contributed by atoms with Crippen LogP contribution in [-0.4, -0.2) is 24.0 Å². The average Bonchev–Trinajstić information content (AvgIpc) is 2.18. The van der Waals surface area contributed by atoms with Crippen LogP contribution in [0.1, 0.15) is 6.92 Å². The fourth-order valence-corrected chi connectivity index (χ4v) is 1.76. The standard InChI is InChI=1S/C11H14ClN3O/c1-7(8-5-13-6-8)11(16)15-10-9(12)3-2-4-14-10/h2-4,7-8,13H,5-6H2,1H3,(H,14,15,16). The van der Waals surface area contributed by atoms with Crippen LogP contribution in [0.15, 0.2) is 18.3 Å². The van der Waals surface area contributed by atoms with Crippen LogP contribution < -0.4 is 10.6 Å². The first-order chi connectivity index (χ1) is 7.68. The predicted molar refractivity (Wildman–Crippen MR) is 63.4 cm³/mol. The zero-order valence-electron chi connectivity index (χ0n) is 9.03. The number of carbonyl (C=O) groups is 1. The maximum Gasteiger partial charge on any atom is 0.228 e. The van der Waals surface area contributed by atoms with Gasteiger partial charge in [0.05, 0.1) is 5.02 Å². The molecular formula is C11H14ClN3O. The molecule has 2 N–H and O–H groups in total. The summed E-state index contributed by atoms with van der Waals surface area (Å²) in [4.78, 5) is 15.9. The molecule has 0 radical (unpaired) electrons. The average molecular weight is 240 g/mol. The molecule has 1 unspecified atom stereocenters. The molecule has 1 saturated heterocycles. The second-order valence-corrected chi connectivity index (χ2v) is 4.44. The molecule has 2 heterocycles. The Labute approximate surface area is 99.4 Å². The number of nitrogens with one attached hydrogen (secondary N) is 2. The topological polar surface area (TPSA) is 54.0 Å².